The molecule has 108 valence electrons. The van der Waals surface area contributed by atoms with E-state index in [4.69, 9.17) is 4.74 Å². The van der Waals surface area contributed by atoms with Crippen LogP contribution in [0.5, 0.6) is 5.88 Å². The largest absolute Gasteiger partial charge is 0.476 e. The Morgan fingerprint density at radius 1 is 1.43 bits per heavy atom. The van der Waals surface area contributed by atoms with Crippen molar-refractivity contribution >= 4 is 16.9 Å². The zero-order chi connectivity index (χ0) is 14.4. The fraction of sp³-hybridized carbons (Fsp3) is 0.357. The topological polar surface area (TPSA) is 71.9 Å². The maximum atomic E-state index is 5.80. The number of anilines is 1. The number of nitrogens with one attached hydrogen (secondary N) is 1. The summed E-state index contributed by atoms with van der Waals surface area (Å²) in [5.74, 6) is 1.74. The predicted octanol–water partition coefficient (Wildman–Crippen LogP) is 1.36. The molecule has 1 atom stereocenters. The van der Waals surface area contributed by atoms with Gasteiger partial charge in [0.1, 0.15) is 24.4 Å². The molecule has 0 fully saturated rings. The van der Waals surface area contributed by atoms with E-state index in [-0.39, 0.29) is 6.04 Å². The minimum atomic E-state index is 0.185. The van der Waals surface area contributed by atoms with Crippen molar-refractivity contribution < 1.29 is 4.74 Å². The number of rotatable bonds is 2. The fourth-order valence-corrected chi connectivity index (χ4v) is 2.75. The summed E-state index contributed by atoms with van der Waals surface area (Å²) in [6, 6.07) is 4.14. The van der Waals surface area contributed by atoms with E-state index in [0.717, 1.165) is 35.0 Å². The Labute approximate surface area is 121 Å². The second kappa shape index (κ2) is 4.47. The lowest BCUT2D eigenvalue weighted by molar-refractivity contribution is 0.202. The lowest BCUT2D eigenvalue weighted by Crippen LogP contribution is -2.43. The Morgan fingerprint density at radius 3 is 3.24 bits per heavy atom. The summed E-state index contributed by atoms with van der Waals surface area (Å²) in [5, 5.41) is 5.47. The Bertz CT molecular complexity index is 792. The number of hydrogen-bond donors (Lipinski definition) is 1. The molecule has 0 amide bonds. The number of aryl methyl sites for hydroxylation is 1. The third-order valence-corrected chi connectivity index (χ3v) is 3.89. The van der Waals surface area contributed by atoms with Crippen molar-refractivity contribution in [3.8, 4) is 5.88 Å². The maximum absolute atomic E-state index is 5.80. The van der Waals surface area contributed by atoms with Gasteiger partial charge in [0.05, 0.1) is 23.7 Å². The van der Waals surface area contributed by atoms with Crippen LogP contribution < -0.4 is 9.64 Å². The number of H-pyrrole nitrogens is 1. The molecule has 1 aliphatic rings. The second-order valence-electron chi connectivity index (χ2n) is 5.32. The molecule has 4 heterocycles. The zero-order valence-corrected chi connectivity index (χ0v) is 11.9. The molecule has 3 aromatic heterocycles. The monoisotopic (exact) mass is 284 g/mol. The van der Waals surface area contributed by atoms with Crippen LogP contribution in [0.1, 0.15) is 5.69 Å². The number of ether oxygens (including phenoxy) is 1. The van der Waals surface area contributed by atoms with E-state index < -0.39 is 0 Å². The van der Waals surface area contributed by atoms with Gasteiger partial charge < -0.3 is 14.6 Å². The fourth-order valence-electron chi connectivity index (χ4n) is 2.75. The molecule has 1 aliphatic heterocycles. The Hall–Kier alpha value is -2.57. The summed E-state index contributed by atoms with van der Waals surface area (Å²) < 4.78 is 7.71. The van der Waals surface area contributed by atoms with Gasteiger partial charge in [-0.2, -0.15) is 5.10 Å². The number of likely N-dealkylation sites (N-methyl/N-ethyl adjacent to an activating group) is 1. The first kappa shape index (κ1) is 12.2. The van der Waals surface area contributed by atoms with Crippen LogP contribution in [0.2, 0.25) is 0 Å². The first-order chi connectivity index (χ1) is 10.2. The number of aromatic nitrogens is 5. The van der Waals surface area contributed by atoms with Gasteiger partial charge in [0, 0.05) is 19.3 Å². The van der Waals surface area contributed by atoms with E-state index in [1.54, 1.807) is 6.33 Å². The smallest absolute Gasteiger partial charge is 0.212 e. The Balaban J connectivity index is 1.66. The summed E-state index contributed by atoms with van der Waals surface area (Å²) in [5.41, 5.74) is 1.82. The minimum absolute atomic E-state index is 0.185. The average Bonchev–Trinajstić information content (AvgIpc) is 3.09. The highest BCUT2D eigenvalue weighted by Crippen LogP contribution is 2.26. The first-order valence-corrected chi connectivity index (χ1v) is 6.90. The van der Waals surface area contributed by atoms with Gasteiger partial charge in [-0.05, 0) is 13.0 Å². The van der Waals surface area contributed by atoms with E-state index >= 15 is 0 Å². The SMILES string of the molecule is Cc1cc2n(n1)CC(N(C)c1ncnc3[nH]ccc13)CO2. The van der Waals surface area contributed by atoms with Gasteiger partial charge in [-0.25, -0.2) is 14.6 Å². The van der Waals surface area contributed by atoms with Crippen LogP contribution in [0, 0.1) is 6.92 Å². The molecule has 3 aromatic rings. The van der Waals surface area contributed by atoms with Gasteiger partial charge in [-0.15, -0.1) is 0 Å². The Morgan fingerprint density at radius 2 is 2.33 bits per heavy atom. The van der Waals surface area contributed by atoms with Gasteiger partial charge in [-0.1, -0.05) is 0 Å². The second-order valence-corrected chi connectivity index (χ2v) is 5.32. The molecule has 0 saturated carbocycles. The molecule has 0 saturated heterocycles. The van der Waals surface area contributed by atoms with Gasteiger partial charge in [-0.3, -0.25) is 0 Å². The van der Waals surface area contributed by atoms with Crippen LogP contribution >= 0.6 is 0 Å². The van der Waals surface area contributed by atoms with Crippen LogP contribution in [0.25, 0.3) is 11.0 Å². The summed E-state index contributed by atoms with van der Waals surface area (Å²) in [7, 11) is 2.03. The van der Waals surface area contributed by atoms with Gasteiger partial charge in [0.2, 0.25) is 5.88 Å². The first-order valence-electron chi connectivity index (χ1n) is 6.90. The molecule has 0 aliphatic carbocycles. The number of aromatic amines is 1. The van der Waals surface area contributed by atoms with Gasteiger partial charge in [0.25, 0.3) is 0 Å². The highest BCUT2D eigenvalue weighted by molar-refractivity contribution is 5.87. The lowest BCUT2D eigenvalue weighted by Gasteiger charge is -2.32. The molecule has 1 N–H and O–H groups in total. The molecular weight excluding hydrogens is 268 g/mol. The van der Waals surface area contributed by atoms with Crippen molar-refractivity contribution in [2.75, 3.05) is 18.6 Å². The zero-order valence-electron chi connectivity index (χ0n) is 11.9. The van der Waals surface area contributed by atoms with Crippen molar-refractivity contribution in [2.24, 2.45) is 0 Å². The van der Waals surface area contributed by atoms with Crippen LogP contribution in [0.3, 0.4) is 0 Å². The van der Waals surface area contributed by atoms with Crippen LogP contribution in [-0.2, 0) is 6.54 Å². The standard InChI is InChI=1S/C14H16N6O/c1-9-5-12-20(18-9)6-10(7-21-12)19(2)14-11-3-4-15-13(11)16-8-17-14/h3-5,8,10H,6-7H2,1-2H3,(H,15,16,17). The molecule has 0 radical (unpaired) electrons. The summed E-state index contributed by atoms with van der Waals surface area (Å²) in [6.45, 7) is 3.38. The molecular formula is C14H16N6O. The number of fused-ring (bicyclic) bond motifs is 2. The third kappa shape index (κ3) is 1.93. The van der Waals surface area contributed by atoms with Crippen LogP contribution in [-0.4, -0.2) is 44.4 Å². The molecule has 7 heteroatoms. The van der Waals surface area contributed by atoms with Gasteiger partial charge >= 0.3 is 0 Å². The summed E-state index contributed by atoms with van der Waals surface area (Å²) in [4.78, 5) is 13.9. The number of nitrogens with zero attached hydrogens (tertiary/aromatic N) is 5. The Kier molecular flexibility index (Phi) is 2.60. The molecule has 1 unspecified atom stereocenters. The van der Waals surface area contributed by atoms with Crippen LogP contribution in [0.4, 0.5) is 5.82 Å². The molecule has 7 nitrogen and oxygen atoms in total. The average molecular weight is 284 g/mol. The highest BCUT2D eigenvalue weighted by atomic mass is 16.5. The van der Waals surface area contributed by atoms with Crippen molar-refractivity contribution in [1.82, 2.24) is 24.7 Å². The van der Waals surface area contributed by atoms with Crippen molar-refractivity contribution in [1.29, 1.82) is 0 Å². The van der Waals surface area contributed by atoms with E-state index in [1.165, 1.54) is 0 Å². The highest BCUT2D eigenvalue weighted by Gasteiger charge is 2.26. The van der Waals surface area contributed by atoms with Gasteiger partial charge in [0.15, 0.2) is 0 Å². The van der Waals surface area contributed by atoms with Crippen molar-refractivity contribution in [2.45, 2.75) is 19.5 Å². The van der Waals surface area contributed by atoms with E-state index in [1.807, 2.05) is 37.0 Å². The molecule has 4 rings (SSSR count). The minimum Gasteiger partial charge on any atom is -0.476 e. The van der Waals surface area contributed by atoms with Crippen molar-refractivity contribution in [3.63, 3.8) is 0 Å². The summed E-state index contributed by atoms with van der Waals surface area (Å²) >= 11 is 0. The van der Waals surface area contributed by atoms with E-state index in [2.05, 4.69) is 25.0 Å². The molecule has 0 bridgehead atoms. The quantitative estimate of drug-likeness (QED) is 0.769. The lowest BCUT2D eigenvalue weighted by atomic mass is 10.2. The number of hydrogen-bond acceptors (Lipinski definition) is 5. The molecule has 0 aromatic carbocycles. The normalized spacial score (nSPS) is 17.5. The van der Waals surface area contributed by atoms with Crippen molar-refractivity contribution in [3.05, 3.63) is 30.4 Å². The molecule has 21 heavy (non-hydrogen) atoms. The van der Waals surface area contributed by atoms with E-state index in [9.17, 15) is 0 Å². The predicted molar refractivity (Wildman–Crippen MR) is 78.5 cm³/mol. The summed E-state index contributed by atoms with van der Waals surface area (Å²) in [6.07, 6.45) is 3.46. The van der Waals surface area contributed by atoms with Crippen LogP contribution in [0.15, 0.2) is 24.7 Å². The van der Waals surface area contributed by atoms with E-state index in [0.29, 0.717) is 6.61 Å². The maximum Gasteiger partial charge on any atom is 0.212 e. The third-order valence-electron chi connectivity index (χ3n) is 3.89. The molecule has 0 spiro atoms.